The first-order chi connectivity index (χ1) is 8.45. The van der Waals surface area contributed by atoms with Crippen molar-refractivity contribution in [3.8, 4) is 0 Å². The first-order valence-corrected chi connectivity index (χ1v) is 8.09. The van der Waals surface area contributed by atoms with E-state index in [2.05, 4.69) is 38.0 Å². The minimum absolute atomic E-state index is 0.292. The van der Waals surface area contributed by atoms with Gasteiger partial charge in [-0.05, 0) is 44.8 Å². The van der Waals surface area contributed by atoms with Crippen LogP contribution < -0.4 is 5.32 Å². The standard InChI is InChI=1S/C14H27N3S/c1-14(2,3)12-7-10-18-13(16-12)15-11-5-8-17(4)9-6-11/h11-12H,5-10H2,1-4H3,(H,15,16). The Bertz CT molecular complexity index is 301. The van der Waals surface area contributed by atoms with E-state index in [9.17, 15) is 0 Å². The van der Waals surface area contributed by atoms with Crippen LogP contribution in [0.5, 0.6) is 0 Å². The summed E-state index contributed by atoms with van der Waals surface area (Å²) in [5.41, 5.74) is 0.292. The third kappa shape index (κ3) is 3.89. The lowest BCUT2D eigenvalue weighted by Crippen LogP contribution is -2.44. The van der Waals surface area contributed by atoms with Gasteiger partial charge in [-0.3, -0.25) is 4.99 Å². The molecule has 0 aromatic rings. The van der Waals surface area contributed by atoms with Crippen LogP contribution in [0.15, 0.2) is 4.99 Å². The molecule has 1 N–H and O–H groups in total. The predicted molar refractivity (Wildman–Crippen MR) is 81.4 cm³/mol. The van der Waals surface area contributed by atoms with Crippen LogP contribution >= 0.6 is 11.8 Å². The lowest BCUT2D eigenvalue weighted by molar-refractivity contribution is 0.246. The van der Waals surface area contributed by atoms with Crippen LogP contribution in [-0.2, 0) is 0 Å². The molecule has 0 radical (unpaired) electrons. The topological polar surface area (TPSA) is 27.6 Å². The monoisotopic (exact) mass is 269 g/mol. The number of hydrogen-bond donors (Lipinski definition) is 1. The number of piperidine rings is 1. The molecule has 3 nitrogen and oxygen atoms in total. The highest BCUT2D eigenvalue weighted by Gasteiger charge is 2.28. The van der Waals surface area contributed by atoms with Crippen LogP contribution in [-0.4, -0.2) is 48.0 Å². The molecular weight excluding hydrogens is 242 g/mol. The van der Waals surface area contributed by atoms with E-state index >= 15 is 0 Å². The molecule has 2 heterocycles. The summed E-state index contributed by atoms with van der Waals surface area (Å²) in [5.74, 6) is 1.21. The van der Waals surface area contributed by atoms with Gasteiger partial charge in [-0.25, -0.2) is 0 Å². The summed E-state index contributed by atoms with van der Waals surface area (Å²) < 4.78 is 0. The van der Waals surface area contributed by atoms with E-state index < -0.39 is 0 Å². The summed E-state index contributed by atoms with van der Waals surface area (Å²) in [5, 5.41) is 4.86. The fraction of sp³-hybridized carbons (Fsp3) is 0.929. The van der Waals surface area contributed by atoms with Gasteiger partial charge < -0.3 is 10.2 Å². The minimum atomic E-state index is 0.292. The number of nitrogens with one attached hydrogen (secondary N) is 1. The van der Waals surface area contributed by atoms with Gasteiger partial charge in [-0.1, -0.05) is 32.5 Å². The summed E-state index contributed by atoms with van der Waals surface area (Å²) >= 11 is 1.90. The fourth-order valence-electron chi connectivity index (χ4n) is 2.54. The zero-order chi connectivity index (χ0) is 13.2. The van der Waals surface area contributed by atoms with Crippen LogP contribution in [0.2, 0.25) is 0 Å². The molecule has 0 saturated carbocycles. The van der Waals surface area contributed by atoms with Crippen molar-refractivity contribution in [3.63, 3.8) is 0 Å². The molecule has 1 unspecified atom stereocenters. The number of thioether (sulfide) groups is 1. The minimum Gasteiger partial charge on any atom is -0.362 e. The van der Waals surface area contributed by atoms with Gasteiger partial charge in [0.05, 0.1) is 6.04 Å². The number of rotatable bonds is 1. The summed E-state index contributed by atoms with van der Waals surface area (Å²) in [4.78, 5) is 7.33. The smallest absolute Gasteiger partial charge is 0.157 e. The van der Waals surface area contributed by atoms with Crippen molar-refractivity contribution in [1.82, 2.24) is 10.2 Å². The first-order valence-electron chi connectivity index (χ1n) is 7.11. The van der Waals surface area contributed by atoms with Crippen molar-refractivity contribution in [2.75, 3.05) is 25.9 Å². The molecular formula is C14H27N3S. The molecule has 2 rings (SSSR count). The van der Waals surface area contributed by atoms with Crippen molar-refractivity contribution in [2.24, 2.45) is 10.4 Å². The average Bonchev–Trinajstić information content (AvgIpc) is 2.31. The maximum Gasteiger partial charge on any atom is 0.157 e. The molecule has 0 bridgehead atoms. The van der Waals surface area contributed by atoms with E-state index in [-0.39, 0.29) is 0 Å². The Balaban J connectivity index is 1.90. The third-order valence-electron chi connectivity index (χ3n) is 3.95. The number of amidine groups is 1. The first kappa shape index (κ1) is 14.2. The van der Waals surface area contributed by atoms with Gasteiger partial charge in [0.1, 0.15) is 0 Å². The maximum atomic E-state index is 4.92. The highest BCUT2D eigenvalue weighted by atomic mass is 32.2. The second kappa shape index (κ2) is 5.83. The Morgan fingerprint density at radius 1 is 1.22 bits per heavy atom. The van der Waals surface area contributed by atoms with Gasteiger partial charge in [-0.15, -0.1) is 0 Å². The normalized spacial score (nSPS) is 28.0. The quantitative estimate of drug-likeness (QED) is 0.793. The van der Waals surface area contributed by atoms with Crippen LogP contribution in [0.25, 0.3) is 0 Å². The van der Waals surface area contributed by atoms with Crippen LogP contribution in [0.4, 0.5) is 0 Å². The number of aliphatic imine (C=N–C) groups is 1. The van der Waals surface area contributed by atoms with E-state index in [4.69, 9.17) is 4.99 Å². The van der Waals surface area contributed by atoms with E-state index in [0.29, 0.717) is 17.5 Å². The van der Waals surface area contributed by atoms with Crippen molar-refractivity contribution in [3.05, 3.63) is 0 Å². The number of likely N-dealkylation sites (tertiary alicyclic amines) is 1. The van der Waals surface area contributed by atoms with Gasteiger partial charge >= 0.3 is 0 Å². The molecule has 2 aliphatic heterocycles. The van der Waals surface area contributed by atoms with Crippen molar-refractivity contribution < 1.29 is 0 Å². The molecule has 2 aliphatic rings. The Morgan fingerprint density at radius 3 is 2.50 bits per heavy atom. The van der Waals surface area contributed by atoms with E-state index in [1.807, 2.05) is 11.8 Å². The molecule has 104 valence electrons. The summed E-state index contributed by atoms with van der Waals surface area (Å²) in [7, 11) is 2.21. The Morgan fingerprint density at radius 2 is 1.89 bits per heavy atom. The van der Waals surface area contributed by atoms with Gasteiger partial charge in [0.2, 0.25) is 0 Å². The summed E-state index contributed by atoms with van der Waals surface area (Å²) in [6.07, 6.45) is 3.71. The van der Waals surface area contributed by atoms with Crippen molar-refractivity contribution >= 4 is 16.9 Å². The van der Waals surface area contributed by atoms with E-state index in [1.165, 1.54) is 43.3 Å². The van der Waals surface area contributed by atoms with Gasteiger partial charge in [0.15, 0.2) is 5.17 Å². The molecule has 0 amide bonds. The maximum absolute atomic E-state index is 4.92. The molecule has 0 aromatic heterocycles. The molecule has 18 heavy (non-hydrogen) atoms. The zero-order valence-electron chi connectivity index (χ0n) is 12.2. The lowest BCUT2D eigenvalue weighted by Gasteiger charge is -2.34. The molecule has 0 aliphatic carbocycles. The molecule has 0 spiro atoms. The summed E-state index contributed by atoms with van der Waals surface area (Å²) in [6.45, 7) is 9.30. The van der Waals surface area contributed by atoms with Crippen LogP contribution in [0.3, 0.4) is 0 Å². The zero-order valence-corrected chi connectivity index (χ0v) is 13.0. The second-order valence-electron chi connectivity index (χ2n) is 6.68. The van der Waals surface area contributed by atoms with Crippen molar-refractivity contribution in [1.29, 1.82) is 0 Å². The Labute approximate surface area is 116 Å². The highest BCUT2D eigenvalue weighted by Crippen LogP contribution is 2.30. The number of nitrogens with zero attached hydrogens (tertiary/aromatic N) is 2. The van der Waals surface area contributed by atoms with Crippen LogP contribution in [0.1, 0.15) is 40.0 Å². The lowest BCUT2D eigenvalue weighted by atomic mass is 9.85. The predicted octanol–water partition coefficient (Wildman–Crippen LogP) is 2.58. The largest absolute Gasteiger partial charge is 0.362 e. The van der Waals surface area contributed by atoms with Gasteiger partial charge in [0.25, 0.3) is 0 Å². The molecule has 0 aromatic carbocycles. The average molecular weight is 269 g/mol. The Hall–Kier alpha value is -0.220. The highest BCUT2D eigenvalue weighted by molar-refractivity contribution is 8.13. The van der Waals surface area contributed by atoms with Crippen LogP contribution in [0, 0.1) is 5.41 Å². The fourth-order valence-corrected chi connectivity index (χ4v) is 3.53. The molecule has 1 atom stereocenters. The molecule has 1 fully saturated rings. The SMILES string of the molecule is CN1CCC(NC2=NC(C(C)(C)C)CCS2)CC1. The van der Waals surface area contributed by atoms with Gasteiger partial charge in [-0.2, -0.15) is 0 Å². The second-order valence-corrected chi connectivity index (χ2v) is 7.76. The third-order valence-corrected chi connectivity index (χ3v) is 4.89. The molecule has 1 saturated heterocycles. The van der Waals surface area contributed by atoms with E-state index in [1.54, 1.807) is 0 Å². The van der Waals surface area contributed by atoms with E-state index in [0.717, 1.165) is 0 Å². The summed E-state index contributed by atoms with van der Waals surface area (Å²) in [6, 6.07) is 1.11. The van der Waals surface area contributed by atoms with Gasteiger partial charge in [0, 0.05) is 11.8 Å². The van der Waals surface area contributed by atoms with Crippen molar-refractivity contribution in [2.45, 2.75) is 52.1 Å². The molecule has 4 heteroatoms. The number of hydrogen-bond acceptors (Lipinski definition) is 4. The Kier molecular flexibility index (Phi) is 4.59.